The van der Waals surface area contributed by atoms with Crippen LogP contribution in [0.2, 0.25) is 0 Å². The Bertz CT molecular complexity index is 524. The van der Waals surface area contributed by atoms with E-state index in [-0.39, 0.29) is 5.41 Å². The molecule has 0 unspecified atom stereocenters. The molecule has 2 heterocycles. The van der Waals surface area contributed by atoms with Gasteiger partial charge in [0.05, 0.1) is 3.57 Å². The molecule has 92 valence electrons. The average molecular weight is 346 g/mol. The molecular weight excluding hydrogens is 331 g/mol. The van der Waals surface area contributed by atoms with Crippen LogP contribution in [-0.4, -0.2) is 19.9 Å². The average Bonchev–Trinajstić information content (AvgIpc) is 2.70. The van der Waals surface area contributed by atoms with Crippen LogP contribution < -0.4 is 0 Å². The lowest BCUT2D eigenvalue weighted by molar-refractivity contribution is 0.314. The van der Waals surface area contributed by atoms with Crippen LogP contribution in [-0.2, 0) is 13.5 Å². The minimum atomic E-state index is 0.140. The molecule has 0 saturated heterocycles. The Kier molecular flexibility index (Phi) is 3.24. The summed E-state index contributed by atoms with van der Waals surface area (Å²) in [4.78, 5) is 4.38. The number of hydrogen-bond acceptors (Lipinski definition) is 4. The largest absolute Gasteiger partial charge is 0.339 e. The Morgan fingerprint density at radius 2 is 2.12 bits per heavy atom. The third kappa shape index (κ3) is 3.05. The molecule has 0 N–H and O–H groups in total. The fourth-order valence-electron chi connectivity index (χ4n) is 1.49. The maximum absolute atomic E-state index is 5.25. The van der Waals surface area contributed by atoms with Crippen molar-refractivity contribution in [3.8, 4) is 11.5 Å². The van der Waals surface area contributed by atoms with Crippen molar-refractivity contribution < 1.29 is 4.52 Å². The molecule has 17 heavy (non-hydrogen) atoms. The second-order valence-corrected chi connectivity index (χ2v) is 6.41. The summed E-state index contributed by atoms with van der Waals surface area (Å²) >= 11 is 2.22. The Labute approximate surface area is 114 Å². The van der Waals surface area contributed by atoms with E-state index >= 15 is 0 Å². The molecule has 0 atom stereocenters. The SMILES string of the molecule is Cn1cc(I)c(-c2noc(CC(C)(C)C)n2)n1. The number of rotatable bonds is 2. The van der Waals surface area contributed by atoms with Crippen LogP contribution in [0.1, 0.15) is 26.7 Å². The van der Waals surface area contributed by atoms with Crippen molar-refractivity contribution >= 4 is 22.6 Å². The molecule has 2 aromatic heterocycles. The van der Waals surface area contributed by atoms with Gasteiger partial charge in [0.1, 0.15) is 5.69 Å². The molecular formula is C11H15IN4O. The Hall–Kier alpha value is -0.920. The van der Waals surface area contributed by atoms with Gasteiger partial charge in [-0.3, -0.25) is 4.68 Å². The van der Waals surface area contributed by atoms with E-state index < -0.39 is 0 Å². The molecule has 0 aliphatic carbocycles. The van der Waals surface area contributed by atoms with Crippen LogP contribution in [0, 0.1) is 8.99 Å². The topological polar surface area (TPSA) is 56.7 Å². The van der Waals surface area contributed by atoms with E-state index in [9.17, 15) is 0 Å². The van der Waals surface area contributed by atoms with Crippen molar-refractivity contribution in [2.45, 2.75) is 27.2 Å². The van der Waals surface area contributed by atoms with Gasteiger partial charge in [-0.25, -0.2) is 0 Å². The van der Waals surface area contributed by atoms with Crippen LogP contribution in [0.15, 0.2) is 10.7 Å². The second kappa shape index (κ2) is 4.40. The second-order valence-electron chi connectivity index (χ2n) is 5.25. The fourth-order valence-corrected chi connectivity index (χ4v) is 2.24. The van der Waals surface area contributed by atoms with Gasteiger partial charge in [-0.05, 0) is 28.0 Å². The van der Waals surface area contributed by atoms with E-state index in [0.717, 1.165) is 15.7 Å². The van der Waals surface area contributed by atoms with Gasteiger partial charge in [0.2, 0.25) is 11.7 Å². The van der Waals surface area contributed by atoms with Crippen LogP contribution in [0.3, 0.4) is 0 Å². The first-order valence-corrected chi connectivity index (χ1v) is 6.45. The maximum Gasteiger partial charge on any atom is 0.227 e. The van der Waals surface area contributed by atoms with Crippen molar-refractivity contribution in [1.82, 2.24) is 19.9 Å². The molecule has 0 aromatic carbocycles. The van der Waals surface area contributed by atoms with Gasteiger partial charge >= 0.3 is 0 Å². The third-order valence-electron chi connectivity index (χ3n) is 2.15. The van der Waals surface area contributed by atoms with Crippen LogP contribution >= 0.6 is 22.6 Å². The van der Waals surface area contributed by atoms with Crippen LogP contribution in [0.4, 0.5) is 0 Å². The van der Waals surface area contributed by atoms with Crippen molar-refractivity contribution in [3.63, 3.8) is 0 Å². The highest BCUT2D eigenvalue weighted by molar-refractivity contribution is 14.1. The summed E-state index contributed by atoms with van der Waals surface area (Å²) < 4.78 is 8.01. The summed E-state index contributed by atoms with van der Waals surface area (Å²) in [6, 6.07) is 0. The zero-order chi connectivity index (χ0) is 12.6. The van der Waals surface area contributed by atoms with Gasteiger partial charge in [0, 0.05) is 19.7 Å². The van der Waals surface area contributed by atoms with E-state index in [1.54, 1.807) is 4.68 Å². The zero-order valence-corrected chi connectivity index (χ0v) is 12.5. The molecule has 0 spiro atoms. The normalized spacial score (nSPS) is 12.1. The first-order chi connectivity index (χ1) is 7.85. The van der Waals surface area contributed by atoms with Crippen molar-refractivity contribution in [3.05, 3.63) is 15.7 Å². The molecule has 0 aliphatic heterocycles. The third-order valence-corrected chi connectivity index (χ3v) is 2.94. The van der Waals surface area contributed by atoms with Gasteiger partial charge < -0.3 is 4.52 Å². The predicted octanol–water partition coefficient (Wildman–Crippen LogP) is 2.66. The summed E-state index contributed by atoms with van der Waals surface area (Å²) in [6.07, 6.45) is 2.69. The molecule has 0 aliphatic rings. The van der Waals surface area contributed by atoms with Crippen molar-refractivity contribution in [1.29, 1.82) is 0 Å². The molecule has 2 rings (SSSR count). The predicted molar refractivity (Wildman–Crippen MR) is 72.4 cm³/mol. The van der Waals surface area contributed by atoms with Gasteiger partial charge in [0.25, 0.3) is 0 Å². The zero-order valence-electron chi connectivity index (χ0n) is 10.4. The van der Waals surface area contributed by atoms with Crippen LogP contribution in [0.25, 0.3) is 11.5 Å². The Balaban J connectivity index is 2.27. The number of nitrogens with zero attached hydrogens (tertiary/aromatic N) is 4. The molecule has 0 fully saturated rings. The Morgan fingerprint density at radius 1 is 1.41 bits per heavy atom. The number of halogens is 1. The Morgan fingerprint density at radius 3 is 2.65 bits per heavy atom. The van der Waals surface area contributed by atoms with Gasteiger partial charge in [0.15, 0.2) is 0 Å². The minimum absolute atomic E-state index is 0.140. The van der Waals surface area contributed by atoms with E-state index in [4.69, 9.17) is 4.52 Å². The van der Waals surface area contributed by atoms with E-state index in [2.05, 4.69) is 58.6 Å². The summed E-state index contributed by atoms with van der Waals surface area (Å²) in [7, 11) is 1.88. The smallest absolute Gasteiger partial charge is 0.227 e. The van der Waals surface area contributed by atoms with E-state index in [1.165, 1.54) is 0 Å². The van der Waals surface area contributed by atoms with Crippen molar-refractivity contribution in [2.24, 2.45) is 12.5 Å². The number of hydrogen-bond donors (Lipinski definition) is 0. The summed E-state index contributed by atoms with van der Waals surface area (Å²) in [6.45, 7) is 6.42. The molecule has 6 heteroatoms. The lowest BCUT2D eigenvalue weighted by atomic mass is 9.92. The fraction of sp³-hybridized carbons (Fsp3) is 0.545. The quantitative estimate of drug-likeness (QED) is 0.785. The summed E-state index contributed by atoms with van der Waals surface area (Å²) in [5.74, 6) is 1.23. The van der Waals surface area contributed by atoms with E-state index in [1.807, 2.05) is 13.2 Å². The standard InChI is InChI=1S/C11H15IN4O/c1-11(2,3)5-8-13-10(15-17-8)9-7(12)6-16(4)14-9/h6H,5H2,1-4H3. The minimum Gasteiger partial charge on any atom is -0.339 e. The van der Waals surface area contributed by atoms with Gasteiger partial charge in [-0.2, -0.15) is 10.1 Å². The van der Waals surface area contributed by atoms with Gasteiger partial charge in [-0.1, -0.05) is 25.9 Å². The first kappa shape index (κ1) is 12.5. The highest BCUT2D eigenvalue weighted by atomic mass is 127. The monoisotopic (exact) mass is 346 g/mol. The molecule has 0 amide bonds. The maximum atomic E-state index is 5.25. The van der Waals surface area contributed by atoms with Crippen LogP contribution in [0.5, 0.6) is 0 Å². The first-order valence-electron chi connectivity index (χ1n) is 5.37. The van der Waals surface area contributed by atoms with Gasteiger partial charge in [-0.15, -0.1) is 0 Å². The summed E-state index contributed by atoms with van der Waals surface area (Å²) in [5, 5.41) is 8.29. The van der Waals surface area contributed by atoms with E-state index in [0.29, 0.717) is 11.7 Å². The number of aromatic nitrogens is 4. The highest BCUT2D eigenvalue weighted by Gasteiger charge is 2.19. The number of aryl methyl sites for hydroxylation is 1. The molecule has 0 saturated carbocycles. The van der Waals surface area contributed by atoms with Crippen molar-refractivity contribution in [2.75, 3.05) is 0 Å². The molecule has 0 radical (unpaired) electrons. The lowest BCUT2D eigenvalue weighted by Crippen LogP contribution is -2.09. The molecule has 0 bridgehead atoms. The lowest BCUT2D eigenvalue weighted by Gasteiger charge is -2.13. The highest BCUT2D eigenvalue weighted by Crippen LogP contribution is 2.23. The molecule has 5 nitrogen and oxygen atoms in total. The summed E-state index contributed by atoms with van der Waals surface area (Å²) in [5.41, 5.74) is 0.915. The molecule has 2 aromatic rings.